The van der Waals surface area contributed by atoms with Gasteiger partial charge in [-0.3, -0.25) is 9.59 Å². The predicted octanol–water partition coefficient (Wildman–Crippen LogP) is 2.44. The summed E-state index contributed by atoms with van der Waals surface area (Å²) >= 11 is 0. The molecular weight excluding hydrogens is 325 g/mol. The van der Waals surface area contributed by atoms with Crippen molar-refractivity contribution in [1.29, 1.82) is 0 Å². The molecule has 1 aromatic heterocycles. The van der Waals surface area contributed by atoms with Gasteiger partial charge in [0.1, 0.15) is 5.82 Å². The highest BCUT2D eigenvalue weighted by Crippen LogP contribution is 2.19. The lowest BCUT2D eigenvalue weighted by Crippen LogP contribution is -2.37. The Labute approximate surface area is 144 Å². The lowest BCUT2D eigenvalue weighted by atomic mass is 10.2. The first-order valence-corrected chi connectivity index (χ1v) is 8.42. The second kappa shape index (κ2) is 7.46. The molecule has 2 aromatic rings. The average Bonchev–Trinajstić information content (AvgIpc) is 3.09. The number of hydrogen-bond acceptors (Lipinski definition) is 4. The molecule has 132 valence electrons. The SMILES string of the molecule is CCOc1cc(=O)c(C(=O)NC2CCCC2)nn1-c1ccc(F)cc1. The van der Waals surface area contributed by atoms with Gasteiger partial charge in [-0.05, 0) is 44.0 Å². The van der Waals surface area contributed by atoms with Crippen LogP contribution in [-0.2, 0) is 0 Å². The highest BCUT2D eigenvalue weighted by molar-refractivity contribution is 5.92. The molecule has 0 radical (unpaired) electrons. The van der Waals surface area contributed by atoms with Crippen molar-refractivity contribution in [3.63, 3.8) is 0 Å². The Morgan fingerprint density at radius 1 is 1.32 bits per heavy atom. The maximum absolute atomic E-state index is 13.2. The van der Waals surface area contributed by atoms with Crippen molar-refractivity contribution in [3.05, 3.63) is 52.1 Å². The number of benzene rings is 1. The van der Waals surface area contributed by atoms with Gasteiger partial charge in [0.15, 0.2) is 5.69 Å². The van der Waals surface area contributed by atoms with Crippen LogP contribution in [0.1, 0.15) is 43.1 Å². The minimum Gasteiger partial charge on any atom is -0.478 e. The van der Waals surface area contributed by atoms with Gasteiger partial charge in [-0.2, -0.15) is 5.10 Å². The van der Waals surface area contributed by atoms with E-state index in [1.54, 1.807) is 6.92 Å². The molecule has 1 N–H and O–H groups in total. The average molecular weight is 345 g/mol. The zero-order chi connectivity index (χ0) is 17.8. The third-order valence-electron chi connectivity index (χ3n) is 4.17. The van der Waals surface area contributed by atoms with E-state index in [9.17, 15) is 14.0 Å². The van der Waals surface area contributed by atoms with E-state index in [0.29, 0.717) is 12.3 Å². The van der Waals surface area contributed by atoms with Gasteiger partial charge in [0.05, 0.1) is 18.4 Å². The van der Waals surface area contributed by atoms with Gasteiger partial charge in [0.2, 0.25) is 11.3 Å². The molecule has 0 aliphatic heterocycles. The summed E-state index contributed by atoms with van der Waals surface area (Å²) in [7, 11) is 0. The molecule has 1 aliphatic rings. The van der Waals surface area contributed by atoms with Gasteiger partial charge in [0, 0.05) is 6.04 Å². The zero-order valence-electron chi connectivity index (χ0n) is 14.0. The molecule has 6 nitrogen and oxygen atoms in total. The van der Waals surface area contributed by atoms with E-state index in [1.807, 2.05) is 0 Å². The second-order valence-corrected chi connectivity index (χ2v) is 5.97. The van der Waals surface area contributed by atoms with Gasteiger partial charge in [-0.15, -0.1) is 0 Å². The number of halogens is 1. The van der Waals surface area contributed by atoms with E-state index >= 15 is 0 Å². The molecule has 0 atom stereocenters. The van der Waals surface area contributed by atoms with Crippen LogP contribution in [0.25, 0.3) is 5.69 Å². The van der Waals surface area contributed by atoms with Crippen LogP contribution in [0.4, 0.5) is 4.39 Å². The summed E-state index contributed by atoms with van der Waals surface area (Å²) in [5, 5.41) is 7.04. The van der Waals surface area contributed by atoms with E-state index in [2.05, 4.69) is 10.4 Å². The number of carbonyl (C=O) groups excluding carboxylic acids is 1. The number of nitrogens with one attached hydrogen (secondary N) is 1. The van der Waals surface area contributed by atoms with Crippen molar-refractivity contribution in [3.8, 4) is 11.6 Å². The minimum atomic E-state index is -0.502. The Kier molecular flexibility index (Phi) is 5.11. The molecule has 1 heterocycles. The van der Waals surface area contributed by atoms with Gasteiger partial charge >= 0.3 is 0 Å². The van der Waals surface area contributed by atoms with Crippen LogP contribution in [-0.4, -0.2) is 28.3 Å². The smallest absolute Gasteiger partial charge is 0.276 e. The molecule has 25 heavy (non-hydrogen) atoms. The van der Waals surface area contributed by atoms with Gasteiger partial charge in [0.25, 0.3) is 5.91 Å². The third-order valence-corrected chi connectivity index (χ3v) is 4.17. The highest BCUT2D eigenvalue weighted by Gasteiger charge is 2.22. The molecule has 1 aliphatic carbocycles. The predicted molar refractivity (Wildman–Crippen MR) is 90.7 cm³/mol. The molecule has 1 aromatic carbocycles. The lowest BCUT2D eigenvalue weighted by molar-refractivity contribution is 0.0929. The summed E-state index contributed by atoms with van der Waals surface area (Å²) in [4.78, 5) is 24.7. The maximum atomic E-state index is 13.2. The van der Waals surface area contributed by atoms with E-state index in [1.165, 1.54) is 35.0 Å². The Hall–Kier alpha value is -2.70. The van der Waals surface area contributed by atoms with E-state index < -0.39 is 11.3 Å². The Balaban J connectivity index is 1.98. The highest BCUT2D eigenvalue weighted by atomic mass is 19.1. The summed E-state index contributed by atoms with van der Waals surface area (Å²) in [5.74, 6) is -0.672. The Bertz CT molecular complexity index is 811. The van der Waals surface area contributed by atoms with Crippen LogP contribution in [0.2, 0.25) is 0 Å². The quantitative estimate of drug-likeness (QED) is 0.903. The maximum Gasteiger partial charge on any atom is 0.276 e. The van der Waals surface area contributed by atoms with Gasteiger partial charge in [-0.1, -0.05) is 12.8 Å². The van der Waals surface area contributed by atoms with E-state index in [-0.39, 0.29) is 23.4 Å². The summed E-state index contributed by atoms with van der Waals surface area (Å²) in [6.45, 7) is 2.11. The number of nitrogens with zero attached hydrogens (tertiary/aromatic N) is 2. The fraction of sp³-hybridized carbons (Fsp3) is 0.389. The molecule has 1 saturated carbocycles. The number of aromatic nitrogens is 2. The molecule has 0 unspecified atom stereocenters. The molecule has 0 bridgehead atoms. The minimum absolute atomic E-state index is 0.0829. The first-order chi connectivity index (χ1) is 12.1. The van der Waals surface area contributed by atoms with Gasteiger partial charge in [-0.25, -0.2) is 9.07 Å². The van der Waals surface area contributed by atoms with E-state index in [0.717, 1.165) is 25.7 Å². The van der Waals surface area contributed by atoms with Crippen molar-refractivity contribution in [1.82, 2.24) is 15.1 Å². The number of carbonyl (C=O) groups is 1. The molecular formula is C18H20FN3O3. The normalized spacial score (nSPS) is 14.5. The van der Waals surface area contributed by atoms with Crippen molar-refractivity contribution in [2.45, 2.75) is 38.6 Å². The summed E-state index contributed by atoms with van der Waals surface area (Å²) in [5.41, 5.74) is -0.197. The topological polar surface area (TPSA) is 73.2 Å². The molecule has 7 heteroatoms. The number of rotatable bonds is 5. The van der Waals surface area contributed by atoms with Crippen LogP contribution in [0.15, 0.2) is 35.1 Å². The fourth-order valence-electron chi connectivity index (χ4n) is 2.94. The molecule has 1 amide bonds. The van der Waals surface area contributed by atoms with Crippen molar-refractivity contribution < 1.29 is 13.9 Å². The number of hydrogen-bond donors (Lipinski definition) is 1. The molecule has 3 rings (SSSR count). The van der Waals surface area contributed by atoms with Crippen LogP contribution >= 0.6 is 0 Å². The third kappa shape index (κ3) is 3.87. The van der Waals surface area contributed by atoms with Crippen molar-refractivity contribution >= 4 is 5.91 Å². The summed E-state index contributed by atoms with van der Waals surface area (Å²) < 4.78 is 20.0. The molecule has 0 saturated heterocycles. The van der Waals surface area contributed by atoms with Crippen LogP contribution in [0.5, 0.6) is 5.88 Å². The Morgan fingerprint density at radius 3 is 2.64 bits per heavy atom. The van der Waals surface area contributed by atoms with Crippen molar-refractivity contribution in [2.24, 2.45) is 0 Å². The second-order valence-electron chi connectivity index (χ2n) is 5.97. The van der Waals surface area contributed by atoms with E-state index in [4.69, 9.17) is 4.74 Å². The molecule has 1 fully saturated rings. The number of ether oxygens (including phenoxy) is 1. The fourth-order valence-corrected chi connectivity index (χ4v) is 2.94. The first-order valence-electron chi connectivity index (χ1n) is 8.42. The summed E-state index contributed by atoms with van der Waals surface area (Å²) in [6, 6.07) is 6.90. The zero-order valence-corrected chi connectivity index (χ0v) is 14.0. The lowest BCUT2D eigenvalue weighted by Gasteiger charge is -2.15. The summed E-state index contributed by atoms with van der Waals surface area (Å²) in [6.07, 6.45) is 3.97. The van der Waals surface area contributed by atoms with Crippen molar-refractivity contribution in [2.75, 3.05) is 6.61 Å². The number of amides is 1. The standard InChI is InChI=1S/C18H20FN3O3/c1-2-25-16-11-15(23)17(18(24)20-13-5-3-4-6-13)21-22(16)14-9-7-12(19)8-10-14/h7-11,13H,2-6H2,1H3,(H,20,24). The van der Waals surface area contributed by atoms with Crippen LogP contribution in [0.3, 0.4) is 0 Å². The van der Waals surface area contributed by atoms with Crippen LogP contribution in [0, 0.1) is 5.82 Å². The first kappa shape index (κ1) is 17.1. The molecule has 0 spiro atoms. The Morgan fingerprint density at radius 2 is 2.00 bits per heavy atom. The largest absolute Gasteiger partial charge is 0.478 e. The van der Waals surface area contributed by atoms with Gasteiger partial charge < -0.3 is 10.1 Å². The van der Waals surface area contributed by atoms with Crippen LogP contribution < -0.4 is 15.5 Å². The monoisotopic (exact) mass is 345 g/mol.